The Hall–Kier alpha value is -1.65. The first kappa shape index (κ1) is 11.8. The molecule has 1 fully saturated rings. The summed E-state index contributed by atoms with van der Waals surface area (Å²) < 4.78 is 10.5. The predicted octanol–water partition coefficient (Wildman–Crippen LogP) is 1.20. The number of esters is 1. The molecule has 0 unspecified atom stereocenters. The Bertz CT molecular complexity index is 331. The van der Waals surface area contributed by atoms with Gasteiger partial charge in [-0.2, -0.15) is 0 Å². The highest BCUT2D eigenvalue weighted by Crippen LogP contribution is 2.28. The Kier molecular flexibility index (Phi) is 3.90. The molecule has 1 aliphatic carbocycles. The molecule has 0 radical (unpaired) electrons. The number of hydrogen-bond acceptors (Lipinski definition) is 5. The lowest BCUT2D eigenvalue weighted by atomic mass is 9.87. The SMILES string of the molecule is COC(=O)C1CCC(OC2=CC=CNN2)CC1. The molecule has 2 N–H and O–H groups in total. The quantitative estimate of drug-likeness (QED) is 0.723. The molecule has 5 heteroatoms. The highest BCUT2D eigenvalue weighted by molar-refractivity contribution is 5.72. The molecule has 0 amide bonds. The van der Waals surface area contributed by atoms with E-state index in [1.165, 1.54) is 7.11 Å². The van der Waals surface area contributed by atoms with Crippen LogP contribution in [-0.4, -0.2) is 19.2 Å². The van der Waals surface area contributed by atoms with Gasteiger partial charge in [-0.1, -0.05) is 0 Å². The molecule has 5 nitrogen and oxygen atoms in total. The summed E-state index contributed by atoms with van der Waals surface area (Å²) in [6.45, 7) is 0. The summed E-state index contributed by atoms with van der Waals surface area (Å²) in [7, 11) is 1.44. The molecule has 2 rings (SSSR count). The van der Waals surface area contributed by atoms with Crippen molar-refractivity contribution in [3.05, 3.63) is 24.2 Å². The van der Waals surface area contributed by atoms with Crippen molar-refractivity contribution in [1.29, 1.82) is 0 Å². The summed E-state index contributed by atoms with van der Waals surface area (Å²) in [4.78, 5) is 11.4. The molecule has 1 saturated carbocycles. The number of nitrogens with one attached hydrogen (secondary N) is 2. The summed E-state index contributed by atoms with van der Waals surface area (Å²) >= 11 is 0. The first-order valence-electron chi connectivity index (χ1n) is 5.92. The topological polar surface area (TPSA) is 59.6 Å². The fourth-order valence-electron chi connectivity index (χ4n) is 2.17. The van der Waals surface area contributed by atoms with Crippen LogP contribution in [0.2, 0.25) is 0 Å². The van der Waals surface area contributed by atoms with Crippen molar-refractivity contribution < 1.29 is 14.3 Å². The molecule has 2 aliphatic rings. The van der Waals surface area contributed by atoms with Crippen LogP contribution >= 0.6 is 0 Å². The number of hydrazine groups is 1. The maximum atomic E-state index is 11.4. The zero-order valence-electron chi connectivity index (χ0n) is 9.94. The monoisotopic (exact) mass is 238 g/mol. The summed E-state index contributed by atoms with van der Waals surface area (Å²) in [6.07, 6.45) is 9.20. The van der Waals surface area contributed by atoms with Crippen molar-refractivity contribution >= 4 is 5.97 Å². The molecule has 0 bridgehead atoms. The average molecular weight is 238 g/mol. The number of methoxy groups -OCH3 is 1. The van der Waals surface area contributed by atoms with Gasteiger partial charge in [0.2, 0.25) is 5.88 Å². The van der Waals surface area contributed by atoms with Crippen molar-refractivity contribution in [2.45, 2.75) is 31.8 Å². The Morgan fingerprint density at radius 2 is 2.12 bits per heavy atom. The molecule has 94 valence electrons. The Morgan fingerprint density at radius 3 is 2.71 bits per heavy atom. The third kappa shape index (κ3) is 3.15. The molecule has 0 saturated heterocycles. The second-order valence-electron chi connectivity index (χ2n) is 4.27. The van der Waals surface area contributed by atoms with Crippen LogP contribution in [0.3, 0.4) is 0 Å². The van der Waals surface area contributed by atoms with E-state index in [0.29, 0.717) is 0 Å². The Morgan fingerprint density at radius 1 is 1.35 bits per heavy atom. The average Bonchev–Trinajstić information content (AvgIpc) is 2.40. The van der Waals surface area contributed by atoms with Gasteiger partial charge in [0.15, 0.2) is 0 Å². The number of carbonyl (C=O) groups is 1. The van der Waals surface area contributed by atoms with Gasteiger partial charge < -0.3 is 14.9 Å². The van der Waals surface area contributed by atoms with Gasteiger partial charge in [0.05, 0.1) is 13.0 Å². The van der Waals surface area contributed by atoms with Crippen molar-refractivity contribution in [1.82, 2.24) is 10.9 Å². The maximum absolute atomic E-state index is 11.4. The van der Waals surface area contributed by atoms with E-state index >= 15 is 0 Å². The molecule has 0 aromatic heterocycles. The van der Waals surface area contributed by atoms with E-state index in [4.69, 9.17) is 9.47 Å². The smallest absolute Gasteiger partial charge is 0.308 e. The minimum atomic E-state index is -0.0944. The van der Waals surface area contributed by atoms with Gasteiger partial charge in [0, 0.05) is 12.3 Å². The van der Waals surface area contributed by atoms with Crippen LogP contribution in [0, 0.1) is 5.92 Å². The standard InChI is InChI=1S/C12H18N2O3/c1-16-12(15)9-4-6-10(7-5-9)17-11-3-2-8-13-14-11/h2-3,8-10,13-14H,4-7H2,1H3. The van der Waals surface area contributed by atoms with E-state index in [2.05, 4.69) is 10.9 Å². The van der Waals surface area contributed by atoms with Gasteiger partial charge in [0.25, 0.3) is 0 Å². The van der Waals surface area contributed by atoms with Crippen LogP contribution in [0.5, 0.6) is 0 Å². The molecule has 0 atom stereocenters. The van der Waals surface area contributed by atoms with Crippen LogP contribution in [0.15, 0.2) is 24.2 Å². The van der Waals surface area contributed by atoms with Crippen LogP contribution in [0.1, 0.15) is 25.7 Å². The molecule has 0 spiro atoms. The van der Waals surface area contributed by atoms with Crippen molar-refractivity contribution in [2.75, 3.05) is 7.11 Å². The van der Waals surface area contributed by atoms with Gasteiger partial charge in [-0.3, -0.25) is 10.2 Å². The van der Waals surface area contributed by atoms with E-state index in [9.17, 15) is 4.79 Å². The van der Waals surface area contributed by atoms with Gasteiger partial charge in [0.1, 0.15) is 6.10 Å². The largest absolute Gasteiger partial charge is 0.475 e. The maximum Gasteiger partial charge on any atom is 0.308 e. The lowest BCUT2D eigenvalue weighted by Gasteiger charge is -2.28. The second kappa shape index (κ2) is 5.61. The number of rotatable bonds is 3. The third-order valence-corrected chi connectivity index (χ3v) is 3.12. The first-order chi connectivity index (χ1) is 8.29. The van der Waals surface area contributed by atoms with E-state index in [1.807, 2.05) is 12.2 Å². The Balaban J connectivity index is 1.77. The summed E-state index contributed by atoms with van der Waals surface area (Å²) in [5, 5.41) is 0. The molecular formula is C12H18N2O3. The predicted molar refractivity (Wildman–Crippen MR) is 62.3 cm³/mol. The fourth-order valence-corrected chi connectivity index (χ4v) is 2.17. The summed E-state index contributed by atoms with van der Waals surface area (Å²) in [5.41, 5.74) is 5.78. The molecule has 1 aliphatic heterocycles. The van der Waals surface area contributed by atoms with Crippen LogP contribution in [0.25, 0.3) is 0 Å². The molecule has 0 aromatic carbocycles. The fraction of sp³-hybridized carbons (Fsp3) is 0.583. The van der Waals surface area contributed by atoms with E-state index in [-0.39, 0.29) is 18.0 Å². The number of ether oxygens (including phenoxy) is 2. The van der Waals surface area contributed by atoms with Crippen LogP contribution in [0.4, 0.5) is 0 Å². The molecule has 1 heterocycles. The van der Waals surface area contributed by atoms with Gasteiger partial charge in [-0.25, -0.2) is 0 Å². The van der Waals surface area contributed by atoms with E-state index in [0.717, 1.165) is 31.6 Å². The third-order valence-electron chi connectivity index (χ3n) is 3.12. The first-order valence-corrected chi connectivity index (χ1v) is 5.92. The summed E-state index contributed by atoms with van der Waals surface area (Å²) in [5.74, 6) is 0.684. The zero-order valence-corrected chi connectivity index (χ0v) is 9.94. The minimum Gasteiger partial charge on any atom is -0.475 e. The number of hydrogen-bond donors (Lipinski definition) is 2. The van der Waals surface area contributed by atoms with Crippen molar-refractivity contribution in [2.24, 2.45) is 5.92 Å². The van der Waals surface area contributed by atoms with Crippen LogP contribution in [-0.2, 0) is 14.3 Å². The van der Waals surface area contributed by atoms with E-state index < -0.39 is 0 Å². The normalized spacial score (nSPS) is 27.5. The summed E-state index contributed by atoms with van der Waals surface area (Å²) in [6, 6.07) is 0. The molecule has 0 aromatic rings. The highest BCUT2D eigenvalue weighted by Gasteiger charge is 2.28. The Labute approximate surface area is 101 Å². The second-order valence-corrected chi connectivity index (χ2v) is 4.27. The van der Waals surface area contributed by atoms with Gasteiger partial charge >= 0.3 is 5.97 Å². The lowest BCUT2D eigenvalue weighted by molar-refractivity contribution is -0.147. The molecule has 17 heavy (non-hydrogen) atoms. The zero-order chi connectivity index (χ0) is 12.1. The van der Waals surface area contributed by atoms with E-state index in [1.54, 1.807) is 6.20 Å². The highest BCUT2D eigenvalue weighted by atomic mass is 16.5. The number of carbonyl (C=O) groups excluding carboxylic acids is 1. The lowest BCUT2D eigenvalue weighted by Crippen LogP contribution is -2.33. The van der Waals surface area contributed by atoms with Crippen LogP contribution < -0.4 is 10.9 Å². The molecular weight excluding hydrogens is 220 g/mol. The number of allylic oxidation sites excluding steroid dienone is 2. The minimum absolute atomic E-state index is 0.0474. The van der Waals surface area contributed by atoms with Gasteiger partial charge in [-0.15, -0.1) is 0 Å². The van der Waals surface area contributed by atoms with Crippen molar-refractivity contribution in [3.63, 3.8) is 0 Å². The van der Waals surface area contributed by atoms with Gasteiger partial charge in [-0.05, 0) is 31.8 Å². The van der Waals surface area contributed by atoms with Crippen molar-refractivity contribution in [3.8, 4) is 0 Å².